The lowest BCUT2D eigenvalue weighted by atomic mass is 10.1. The normalized spacial score (nSPS) is 14.1. The fourth-order valence-corrected chi connectivity index (χ4v) is 5.79. The summed E-state index contributed by atoms with van der Waals surface area (Å²) in [5, 5.41) is 4.34. The molecule has 3 aromatic rings. The lowest BCUT2D eigenvalue weighted by Crippen LogP contribution is -2.40. The third-order valence-electron chi connectivity index (χ3n) is 6.52. The van der Waals surface area contributed by atoms with Crippen molar-refractivity contribution < 1.29 is 17.9 Å². The molecule has 0 atom stereocenters. The number of sulfonamides is 1. The van der Waals surface area contributed by atoms with Crippen molar-refractivity contribution in [2.75, 3.05) is 31.0 Å². The van der Waals surface area contributed by atoms with Gasteiger partial charge in [-0.1, -0.05) is 54.1 Å². The predicted molar refractivity (Wildman–Crippen MR) is 150 cm³/mol. The predicted octanol–water partition coefficient (Wildman–Crippen LogP) is 4.28. The van der Waals surface area contributed by atoms with Gasteiger partial charge in [-0.15, -0.1) is 0 Å². The van der Waals surface area contributed by atoms with Gasteiger partial charge in [-0.25, -0.2) is 13.8 Å². The maximum Gasteiger partial charge on any atom is 0.264 e. The molecule has 1 aliphatic heterocycles. The first-order chi connectivity index (χ1) is 18.3. The molecule has 0 unspecified atom stereocenters. The molecule has 0 radical (unpaired) electrons. The molecule has 1 saturated heterocycles. The summed E-state index contributed by atoms with van der Waals surface area (Å²) in [5.74, 6) is -0.167. The molecular formula is C29H34N4O4S. The minimum Gasteiger partial charge on any atom is -0.495 e. The quantitative estimate of drug-likeness (QED) is 0.414. The SMILES string of the molecule is COc1ccc(C)cc1N(CC(=O)NN=C1CCN(Cc2ccccc2)CC1)S(=O)(=O)c1ccc(C)cc1. The number of carbonyl (C=O) groups excluding carboxylic acids is 1. The fourth-order valence-electron chi connectivity index (χ4n) is 4.36. The number of likely N-dealkylation sites (tertiary alicyclic amines) is 1. The van der Waals surface area contributed by atoms with Crippen LogP contribution in [0.5, 0.6) is 5.75 Å². The molecule has 1 fully saturated rings. The van der Waals surface area contributed by atoms with Gasteiger partial charge in [-0.2, -0.15) is 5.10 Å². The van der Waals surface area contributed by atoms with E-state index in [9.17, 15) is 13.2 Å². The van der Waals surface area contributed by atoms with Crippen molar-refractivity contribution in [2.24, 2.45) is 5.10 Å². The largest absolute Gasteiger partial charge is 0.495 e. The Hall–Kier alpha value is -3.69. The highest BCUT2D eigenvalue weighted by molar-refractivity contribution is 7.92. The van der Waals surface area contributed by atoms with Crippen molar-refractivity contribution in [3.63, 3.8) is 0 Å². The molecule has 0 aromatic heterocycles. The molecule has 38 heavy (non-hydrogen) atoms. The second-order valence-electron chi connectivity index (χ2n) is 9.47. The first-order valence-corrected chi connectivity index (χ1v) is 14.0. The Morgan fingerprint density at radius 2 is 1.63 bits per heavy atom. The highest BCUT2D eigenvalue weighted by atomic mass is 32.2. The average Bonchev–Trinajstić information content (AvgIpc) is 2.92. The number of amides is 1. The number of nitrogens with zero attached hydrogens (tertiary/aromatic N) is 3. The Kier molecular flexibility index (Phi) is 8.81. The molecule has 0 spiro atoms. The molecule has 1 aliphatic rings. The number of piperidine rings is 1. The molecule has 200 valence electrons. The number of hydrogen-bond donors (Lipinski definition) is 1. The van der Waals surface area contributed by atoms with Crippen LogP contribution in [-0.2, 0) is 21.4 Å². The van der Waals surface area contributed by atoms with Crippen LogP contribution in [0.1, 0.15) is 29.5 Å². The van der Waals surface area contributed by atoms with Crippen LogP contribution in [0.4, 0.5) is 5.69 Å². The van der Waals surface area contributed by atoms with Gasteiger partial charge < -0.3 is 4.74 Å². The summed E-state index contributed by atoms with van der Waals surface area (Å²) in [6.45, 7) is 5.87. The van der Waals surface area contributed by atoms with E-state index in [-0.39, 0.29) is 4.90 Å². The topological polar surface area (TPSA) is 91.3 Å². The maximum absolute atomic E-state index is 13.7. The lowest BCUT2D eigenvalue weighted by Gasteiger charge is -2.28. The van der Waals surface area contributed by atoms with E-state index >= 15 is 0 Å². The number of rotatable bonds is 9. The summed E-state index contributed by atoms with van der Waals surface area (Å²) < 4.78 is 33.9. The maximum atomic E-state index is 13.7. The van der Waals surface area contributed by atoms with E-state index in [0.717, 1.165) is 53.6 Å². The number of aryl methyl sites for hydroxylation is 2. The van der Waals surface area contributed by atoms with Crippen molar-refractivity contribution in [3.8, 4) is 5.75 Å². The first-order valence-electron chi connectivity index (χ1n) is 12.6. The minimum absolute atomic E-state index is 0.0940. The number of ether oxygens (including phenoxy) is 1. The highest BCUT2D eigenvalue weighted by Crippen LogP contribution is 2.33. The van der Waals surface area contributed by atoms with Gasteiger partial charge in [-0.3, -0.25) is 14.0 Å². The summed E-state index contributed by atoms with van der Waals surface area (Å²) in [4.78, 5) is 15.5. The van der Waals surface area contributed by atoms with Crippen molar-refractivity contribution in [1.29, 1.82) is 0 Å². The van der Waals surface area contributed by atoms with Gasteiger partial charge in [0, 0.05) is 38.2 Å². The van der Waals surface area contributed by atoms with Gasteiger partial charge in [0.25, 0.3) is 15.9 Å². The van der Waals surface area contributed by atoms with Gasteiger partial charge in [0.15, 0.2) is 0 Å². The van der Waals surface area contributed by atoms with E-state index < -0.39 is 22.5 Å². The zero-order valence-electron chi connectivity index (χ0n) is 22.1. The third-order valence-corrected chi connectivity index (χ3v) is 8.29. The molecule has 1 N–H and O–H groups in total. The van der Waals surface area contributed by atoms with Crippen LogP contribution in [-0.4, -0.2) is 51.7 Å². The minimum atomic E-state index is -4.06. The van der Waals surface area contributed by atoms with Gasteiger partial charge >= 0.3 is 0 Å². The van der Waals surface area contributed by atoms with Gasteiger partial charge in [0.2, 0.25) is 0 Å². The molecular weight excluding hydrogens is 500 g/mol. The van der Waals surface area contributed by atoms with Crippen LogP contribution < -0.4 is 14.5 Å². The molecule has 1 amide bonds. The molecule has 3 aromatic carbocycles. The summed E-state index contributed by atoms with van der Waals surface area (Å²) in [6, 6.07) is 22.1. The molecule has 0 bridgehead atoms. The van der Waals surface area contributed by atoms with Crippen molar-refractivity contribution in [1.82, 2.24) is 10.3 Å². The van der Waals surface area contributed by atoms with Gasteiger partial charge in [0.05, 0.1) is 17.7 Å². The number of hydrogen-bond acceptors (Lipinski definition) is 6. The van der Waals surface area contributed by atoms with Crippen LogP contribution in [0.25, 0.3) is 0 Å². The second kappa shape index (κ2) is 12.2. The van der Waals surface area contributed by atoms with Crippen molar-refractivity contribution in [3.05, 3.63) is 89.5 Å². The van der Waals surface area contributed by atoms with Crippen molar-refractivity contribution in [2.45, 2.75) is 38.1 Å². The average molecular weight is 535 g/mol. The Morgan fingerprint density at radius 1 is 0.974 bits per heavy atom. The summed E-state index contributed by atoms with van der Waals surface area (Å²) in [5.41, 5.74) is 6.82. The smallest absolute Gasteiger partial charge is 0.264 e. The van der Waals surface area contributed by atoms with E-state index in [1.807, 2.05) is 38.1 Å². The van der Waals surface area contributed by atoms with E-state index in [2.05, 4.69) is 27.6 Å². The Labute approximate surface area is 225 Å². The van der Waals surface area contributed by atoms with Gasteiger partial charge in [-0.05, 0) is 49.2 Å². The standard InChI is InChI=1S/C29H34N4O4S/c1-22-9-12-26(13-10-22)38(35,36)33(27-19-23(2)11-14-28(27)37-3)21-29(34)31-30-25-15-17-32(18-16-25)20-24-7-5-4-6-8-24/h4-14,19H,15-18,20-21H2,1-3H3,(H,31,34). The van der Waals surface area contributed by atoms with E-state index in [1.165, 1.54) is 12.7 Å². The number of methoxy groups -OCH3 is 1. The van der Waals surface area contributed by atoms with Crippen LogP contribution in [0, 0.1) is 13.8 Å². The summed E-state index contributed by atoms with van der Waals surface area (Å²) in [6.07, 6.45) is 1.48. The summed E-state index contributed by atoms with van der Waals surface area (Å²) in [7, 11) is -2.58. The van der Waals surface area contributed by atoms with E-state index in [4.69, 9.17) is 4.74 Å². The molecule has 0 aliphatic carbocycles. The number of hydrazone groups is 1. The zero-order chi connectivity index (χ0) is 27.1. The van der Waals surface area contributed by atoms with E-state index in [1.54, 1.807) is 36.4 Å². The van der Waals surface area contributed by atoms with Crippen LogP contribution in [0.2, 0.25) is 0 Å². The Bertz CT molecular complexity index is 1380. The third kappa shape index (κ3) is 6.79. The van der Waals surface area contributed by atoms with Crippen LogP contribution in [0.3, 0.4) is 0 Å². The van der Waals surface area contributed by atoms with Gasteiger partial charge in [0.1, 0.15) is 12.3 Å². The zero-order valence-corrected chi connectivity index (χ0v) is 22.9. The fraction of sp³-hybridized carbons (Fsp3) is 0.310. The highest BCUT2D eigenvalue weighted by Gasteiger charge is 2.29. The first kappa shape index (κ1) is 27.3. The Morgan fingerprint density at radius 3 is 2.29 bits per heavy atom. The number of anilines is 1. The van der Waals surface area contributed by atoms with Crippen LogP contribution in [0.15, 0.2) is 82.8 Å². The second-order valence-corrected chi connectivity index (χ2v) is 11.3. The molecule has 8 nitrogen and oxygen atoms in total. The molecule has 0 saturated carbocycles. The molecule has 4 rings (SSSR count). The summed E-state index contributed by atoms with van der Waals surface area (Å²) >= 11 is 0. The number of benzene rings is 3. The number of nitrogens with one attached hydrogen (secondary N) is 1. The number of carbonyl (C=O) groups is 1. The van der Waals surface area contributed by atoms with Crippen molar-refractivity contribution >= 4 is 27.3 Å². The Balaban J connectivity index is 1.48. The molecule has 9 heteroatoms. The van der Waals surface area contributed by atoms with E-state index in [0.29, 0.717) is 11.4 Å². The monoisotopic (exact) mass is 534 g/mol. The lowest BCUT2D eigenvalue weighted by molar-refractivity contribution is -0.119. The molecule has 1 heterocycles. The van der Waals surface area contributed by atoms with Crippen LogP contribution >= 0.6 is 0 Å².